The molecule has 34 heavy (non-hydrogen) atoms. The minimum Gasteiger partial charge on any atom is -0.497 e. The number of para-hydroxylation sites is 1. The standard InChI is InChI=1S/C25H21N5O2S2/c1-15-22(34-25-27-20(14-30(15)25)16-7-9-17(32-2)10-8-16)23(31)26-19-6-4-3-5-18(19)21-13-29-11-12-33-24(29)28-21/h3-10,13-14H,11-12H2,1-2H3,(H,26,31). The molecule has 4 heterocycles. The number of hydrogen-bond acceptors (Lipinski definition) is 6. The zero-order valence-corrected chi connectivity index (χ0v) is 20.2. The molecule has 9 heteroatoms. The van der Waals surface area contributed by atoms with E-state index in [0.717, 1.165) is 62.1 Å². The van der Waals surface area contributed by atoms with Gasteiger partial charge in [-0.1, -0.05) is 41.3 Å². The lowest BCUT2D eigenvalue weighted by molar-refractivity contribution is 0.102. The number of aryl methyl sites for hydroxylation is 2. The second-order valence-corrected chi connectivity index (χ2v) is 10.0. The number of nitrogens with one attached hydrogen (secondary N) is 1. The van der Waals surface area contributed by atoms with Crippen LogP contribution in [0.2, 0.25) is 0 Å². The molecule has 7 nitrogen and oxygen atoms in total. The average molecular weight is 488 g/mol. The van der Waals surface area contributed by atoms with Crippen molar-refractivity contribution >= 4 is 39.7 Å². The van der Waals surface area contributed by atoms with Crippen molar-refractivity contribution in [2.24, 2.45) is 0 Å². The van der Waals surface area contributed by atoms with Crippen molar-refractivity contribution in [1.29, 1.82) is 0 Å². The molecular formula is C25H21N5O2S2. The Morgan fingerprint density at radius 2 is 1.88 bits per heavy atom. The zero-order valence-electron chi connectivity index (χ0n) is 18.6. The van der Waals surface area contributed by atoms with E-state index in [-0.39, 0.29) is 5.91 Å². The second kappa shape index (κ2) is 8.34. The first-order valence-electron chi connectivity index (χ1n) is 10.8. The van der Waals surface area contributed by atoms with E-state index in [4.69, 9.17) is 14.7 Å². The van der Waals surface area contributed by atoms with Crippen molar-refractivity contribution in [3.8, 4) is 28.3 Å². The van der Waals surface area contributed by atoms with Gasteiger partial charge in [-0.15, -0.1) is 0 Å². The van der Waals surface area contributed by atoms with Crippen molar-refractivity contribution in [1.82, 2.24) is 18.9 Å². The summed E-state index contributed by atoms with van der Waals surface area (Å²) in [5.41, 5.74) is 5.26. The average Bonchev–Trinajstić information content (AvgIpc) is 3.61. The van der Waals surface area contributed by atoms with Crippen LogP contribution in [0.25, 0.3) is 27.5 Å². The highest BCUT2D eigenvalue weighted by molar-refractivity contribution is 7.99. The number of benzene rings is 2. The Hall–Kier alpha value is -3.56. The molecule has 1 aliphatic rings. The van der Waals surface area contributed by atoms with E-state index < -0.39 is 0 Å². The van der Waals surface area contributed by atoms with E-state index >= 15 is 0 Å². The molecule has 0 radical (unpaired) electrons. The Bertz CT molecular complexity index is 1510. The number of carbonyl (C=O) groups is 1. The highest BCUT2D eigenvalue weighted by atomic mass is 32.2. The van der Waals surface area contributed by atoms with Crippen LogP contribution in [0.3, 0.4) is 0 Å². The number of imidazole rings is 2. The van der Waals surface area contributed by atoms with Crippen LogP contribution in [0, 0.1) is 6.92 Å². The number of rotatable bonds is 5. The molecule has 0 atom stereocenters. The maximum absolute atomic E-state index is 13.3. The van der Waals surface area contributed by atoms with Crippen molar-refractivity contribution in [3.63, 3.8) is 0 Å². The Morgan fingerprint density at radius 1 is 1.06 bits per heavy atom. The first-order chi connectivity index (χ1) is 16.6. The van der Waals surface area contributed by atoms with Crippen molar-refractivity contribution < 1.29 is 9.53 Å². The molecule has 1 N–H and O–H groups in total. The lowest BCUT2D eigenvalue weighted by Gasteiger charge is -2.09. The molecule has 1 amide bonds. The Morgan fingerprint density at radius 3 is 2.65 bits per heavy atom. The number of nitrogens with zero attached hydrogens (tertiary/aromatic N) is 4. The van der Waals surface area contributed by atoms with Gasteiger partial charge in [0, 0.05) is 41.5 Å². The second-order valence-electron chi connectivity index (χ2n) is 7.97. The topological polar surface area (TPSA) is 73.5 Å². The molecule has 170 valence electrons. The summed E-state index contributed by atoms with van der Waals surface area (Å²) in [6, 6.07) is 15.6. The highest BCUT2D eigenvalue weighted by Gasteiger charge is 2.21. The highest BCUT2D eigenvalue weighted by Crippen LogP contribution is 2.34. The molecule has 0 saturated heterocycles. The number of fused-ring (bicyclic) bond motifs is 2. The molecule has 1 aliphatic heterocycles. The van der Waals surface area contributed by atoms with Gasteiger partial charge in [0.2, 0.25) is 0 Å². The van der Waals surface area contributed by atoms with Crippen LogP contribution in [0.1, 0.15) is 15.4 Å². The van der Waals surface area contributed by atoms with Crippen LogP contribution in [-0.2, 0) is 6.54 Å². The summed E-state index contributed by atoms with van der Waals surface area (Å²) in [5, 5.41) is 4.13. The molecule has 3 aromatic heterocycles. The minimum atomic E-state index is -0.146. The van der Waals surface area contributed by atoms with E-state index in [1.165, 1.54) is 11.3 Å². The predicted octanol–water partition coefficient (Wildman–Crippen LogP) is 5.60. The van der Waals surface area contributed by atoms with Crippen LogP contribution in [0.15, 0.2) is 66.1 Å². The van der Waals surface area contributed by atoms with Crippen molar-refractivity contribution in [2.45, 2.75) is 18.6 Å². The largest absolute Gasteiger partial charge is 0.497 e. The molecule has 2 aromatic carbocycles. The van der Waals surface area contributed by atoms with Gasteiger partial charge in [0.05, 0.1) is 24.2 Å². The monoisotopic (exact) mass is 487 g/mol. The van der Waals surface area contributed by atoms with E-state index in [9.17, 15) is 4.79 Å². The smallest absolute Gasteiger partial charge is 0.267 e. The molecule has 0 spiro atoms. The third-order valence-electron chi connectivity index (χ3n) is 5.90. The van der Waals surface area contributed by atoms with E-state index in [1.807, 2.05) is 66.1 Å². The van der Waals surface area contributed by atoms with Crippen molar-refractivity contribution in [3.05, 3.63) is 71.5 Å². The summed E-state index contributed by atoms with van der Waals surface area (Å²) in [5.74, 6) is 1.72. The Kier molecular flexibility index (Phi) is 5.15. The Labute approximate surface area is 204 Å². The van der Waals surface area contributed by atoms with E-state index in [1.54, 1.807) is 18.9 Å². The predicted molar refractivity (Wildman–Crippen MR) is 136 cm³/mol. The molecule has 0 aliphatic carbocycles. The first kappa shape index (κ1) is 21.0. The SMILES string of the molecule is COc1ccc(-c2cn3c(C)c(C(=O)Nc4ccccc4-c4cn5c(n4)SCC5)sc3n2)cc1. The van der Waals surface area contributed by atoms with Crippen LogP contribution >= 0.6 is 23.1 Å². The van der Waals surface area contributed by atoms with E-state index in [2.05, 4.69) is 16.1 Å². The van der Waals surface area contributed by atoms with Gasteiger partial charge in [0.15, 0.2) is 10.1 Å². The number of ether oxygens (including phenoxy) is 1. The van der Waals surface area contributed by atoms with Crippen molar-refractivity contribution in [2.75, 3.05) is 18.2 Å². The van der Waals surface area contributed by atoms with Gasteiger partial charge in [-0.25, -0.2) is 9.97 Å². The number of hydrogen-bond donors (Lipinski definition) is 1. The Balaban J connectivity index is 1.28. The number of thiazole rings is 1. The zero-order chi connectivity index (χ0) is 23.2. The molecule has 0 bridgehead atoms. The van der Waals surface area contributed by atoms with Gasteiger partial charge >= 0.3 is 0 Å². The molecule has 5 aromatic rings. The van der Waals surface area contributed by atoms with Gasteiger partial charge in [0.25, 0.3) is 5.91 Å². The number of thioether (sulfide) groups is 1. The lowest BCUT2D eigenvalue weighted by atomic mass is 10.1. The fourth-order valence-corrected chi connectivity index (χ4v) is 6.04. The molecule has 0 unspecified atom stereocenters. The number of aromatic nitrogens is 4. The summed E-state index contributed by atoms with van der Waals surface area (Å²) in [6.07, 6.45) is 4.03. The normalized spacial score (nSPS) is 12.8. The number of amides is 1. The van der Waals surface area contributed by atoms with Gasteiger partial charge in [-0.3, -0.25) is 9.20 Å². The van der Waals surface area contributed by atoms with Crippen LogP contribution in [0.5, 0.6) is 5.75 Å². The molecule has 0 saturated carbocycles. The minimum absolute atomic E-state index is 0.146. The quantitative estimate of drug-likeness (QED) is 0.349. The van der Waals surface area contributed by atoms with Crippen LogP contribution in [0.4, 0.5) is 5.69 Å². The van der Waals surface area contributed by atoms with Gasteiger partial charge in [0.1, 0.15) is 10.6 Å². The summed E-state index contributed by atoms with van der Waals surface area (Å²) in [6.45, 7) is 2.91. The van der Waals surface area contributed by atoms with Gasteiger partial charge < -0.3 is 14.6 Å². The van der Waals surface area contributed by atoms with Crippen LogP contribution in [-0.4, -0.2) is 37.7 Å². The third kappa shape index (κ3) is 3.57. The van der Waals surface area contributed by atoms with Gasteiger partial charge in [-0.05, 0) is 37.3 Å². The lowest BCUT2D eigenvalue weighted by Crippen LogP contribution is -2.12. The van der Waals surface area contributed by atoms with E-state index in [0.29, 0.717) is 4.88 Å². The summed E-state index contributed by atoms with van der Waals surface area (Å²) >= 11 is 3.14. The maximum atomic E-state index is 13.3. The molecule has 0 fully saturated rings. The maximum Gasteiger partial charge on any atom is 0.267 e. The number of anilines is 1. The fourth-order valence-electron chi connectivity index (χ4n) is 4.10. The summed E-state index contributed by atoms with van der Waals surface area (Å²) in [4.78, 5) is 24.2. The molecular weight excluding hydrogens is 466 g/mol. The summed E-state index contributed by atoms with van der Waals surface area (Å²) < 4.78 is 9.38. The van der Waals surface area contributed by atoms with Gasteiger partial charge in [-0.2, -0.15) is 0 Å². The van der Waals surface area contributed by atoms with Crippen LogP contribution < -0.4 is 10.1 Å². The third-order valence-corrected chi connectivity index (χ3v) is 8.03. The number of methoxy groups -OCH3 is 1. The summed E-state index contributed by atoms with van der Waals surface area (Å²) in [7, 11) is 1.65. The first-order valence-corrected chi connectivity index (χ1v) is 12.6. The fraction of sp³-hybridized carbons (Fsp3) is 0.160. The molecule has 6 rings (SSSR count). The number of carbonyl (C=O) groups excluding carboxylic acids is 1.